The molecule has 0 saturated heterocycles. The summed E-state index contributed by atoms with van der Waals surface area (Å²) < 4.78 is 4.12. The Hall–Kier alpha value is -2.21. The Labute approximate surface area is 140 Å². The van der Waals surface area contributed by atoms with Crippen LogP contribution in [-0.4, -0.2) is 34.2 Å². The van der Waals surface area contributed by atoms with E-state index in [9.17, 15) is 9.59 Å². The van der Waals surface area contributed by atoms with Crippen molar-refractivity contribution in [2.75, 3.05) is 13.1 Å². The van der Waals surface area contributed by atoms with Crippen molar-refractivity contribution >= 4 is 23.3 Å². The van der Waals surface area contributed by atoms with Crippen molar-refractivity contribution in [2.24, 2.45) is 0 Å². The van der Waals surface area contributed by atoms with Crippen LogP contribution in [0.3, 0.4) is 0 Å². The van der Waals surface area contributed by atoms with Gasteiger partial charge in [-0.05, 0) is 37.9 Å². The van der Waals surface area contributed by atoms with Gasteiger partial charge >= 0.3 is 0 Å². The Kier molecular flexibility index (Phi) is 5.87. The first-order valence-electron chi connectivity index (χ1n) is 7.64. The highest BCUT2D eigenvalue weighted by atomic mass is 32.1. The van der Waals surface area contributed by atoms with Gasteiger partial charge in [0.1, 0.15) is 6.04 Å². The van der Waals surface area contributed by atoms with Crippen LogP contribution in [0.25, 0.3) is 0 Å². The number of nitrogens with zero attached hydrogens (tertiary/aromatic N) is 2. The smallest absolute Gasteiger partial charge is 0.254 e. The summed E-state index contributed by atoms with van der Waals surface area (Å²) >= 11 is 1.23. The topological polar surface area (TPSA) is 62.3 Å². The van der Waals surface area contributed by atoms with E-state index < -0.39 is 6.04 Å². The predicted octanol–water partition coefficient (Wildman–Crippen LogP) is 2.79. The summed E-state index contributed by atoms with van der Waals surface area (Å²) in [5, 5.41) is 4.56. The maximum Gasteiger partial charge on any atom is 0.254 e. The van der Waals surface area contributed by atoms with Crippen LogP contribution in [0, 0.1) is 6.92 Å². The van der Waals surface area contributed by atoms with Crippen molar-refractivity contribution in [3.05, 3.63) is 52.5 Å². The van der Waals surface area contributed by atoms with Crippen molar-refractivity contribution in [3.8, 4) is 0 Å². The summed E-state index contributed by atoms with van der Waals surface area (Å²) in [6, 6.07) is 8.62. The summed E-state index contributed by atoms with van der Waals surface area (Å²) in [7, 11) is 0. The Balaban J connectivity index is 2.29. The lowest BCUT2D eigenvalue weighted by Gasteiger charge is -2.26. The third-order valence-corrected chi connectivity index (χ3v) is 4.45. The summed E-state index contributed by atoms with van der Waals surface area (Å²) in [6.07, 6.45) is 0. The molecule has 0 aliphatic rings. The second-order valence-electron chi connectivity index (χ2n) is 5.14. The van der Waals surface area contributed by atoms with E-state index in [1.807, 2.05) is 44.2 Å². The van der Waals surface area contributed by atoms with E-state index in [-0.39, 0.29) is 11.8 Å². The zero-order valence-corrected chi connectivity index (χ0v) is 14.4. The van der Waals surface area contributed by atoms with Crippen molar-refractivity contribution < 1.29 is 9.59 Å². The number of amides is 2. The molecule has 0 bridgehead atoms. The first-order chi connectivity index (χ1) is 11.1. The van der Waals surface area contributed by atoms with Crippen LogP contribution in [0.2, 0.25) is 0 Å². The molecule has 0 spiro atoms. The van der Waals surface area contributed by atoms with E-state index >= 15 is 0 Å². The van der Waals surface area contributed by atoms with Gasteiger partial charge in [0.2, 0.25) is 5.91 Å². The molecule has 0 fully saturated rings. The lowest BCUT2D eigenvalue weighted by Crippen LogP contribution is -2.43. The van der Waals surface area contributed by atoms with Gasteiger partial charge in [-0.15, -0.1) is 0 Å². The van der Waals surface area contributed by atoms with Gasteiger partial charge < -0.3 is 10.2 Å². The van der Waals surface area contributed by atoms with E-state index in [4.69, 9.17) is 0 Å². The first-order valence-corrected chi connectivity index (χ1v) is 8.47. The molecule has 2 amide bonds. The normalized spacial score (nSPS) is 11.8. The second kappa shape index (κ2) is 7.87. The highest BCUT2D eigenvalue weighted by molar-refractivity contribution is 7.03. The Bertz CT molecular complexity index is 665. The molecule has 1 aromatic carbocycles. The van der Waals surface area contributed by atoms with Crippen LogP contribution < -0.4 is 5.32 Å². The number of nitrogens with one attached hydrogen (secondary N) is 1. The van der Waals surface area contributed by atoms with Gasteiger partial charge in [0.25, 0.3) is 5.91 Å². The molecule has 1 aromatic heterocycles. The van der Waals surface area contributed by atoms with E-state index in [2.05, 4.69) is 9.69 Å². The van der Waals surface area contributed by atoms with Crippen molar-refractivity contribution in [1.82, 2.24) is 14.6 Å². The molecule has 122 valence electrons. The fraction of sp³-hybridized carbons (Fsp3) is 0.353. The molecule has 1 heterocycles. The maximum atomic E-state index is 12.8. The molecule has 0 radical (unpaired) electrons. The monoisotopic (exact) mass is 331 g/mol. The second-order valence-corrected chi connectivity index (χ2v) is 5.77. The lowest BCUT2D eigenvalue weighted by molar-refractivity contribution is -0.133. The number of benzene rings is 1. The van der Waals surface area contributed by atoms with E-state index in [1.165, 1.54) is 11.5 Å². The molecule has 2 rings (SSSR count). The van der Waals surface area contributed by atoms with Gasteiger partial charge in [-0.1, -0.05) is 30.3 Å². The van der Waals surface area contributed by atoms with Gasteiger partial charge in [0.05, 0.1) is 11.3 Å². The average molecular weight is 331 g/mol. The van der Waals surface area contributed by atoms with E-state index in [0.29, 0.717) is 24.3 Å². The molecule has 23 heavy (non-hydrogen) atoms. The van der Waals surface area contributed by atoms with Crippen LogP contribution in [-0.2, 0) is 4.79 Å². The van der Waals surface area contributed by atoms with Crippen LogP contribution in [0.4, 0.5) is 0 Å². The Morgan fingerprint density at radius 3 is 2.39 bits per heavy atom. The highest BCUT2D eigenvalue weighted by Crippen LogP contribution is 2.18. The van der Waals surface area contributed by atoms with Gasteiger partial charge in [-0.2, -0.15) is 4.37 Å². The minimum absolute atomic E-state index is 0.101. The molecule has 5 nitrogen and oxygen atoms in total. The van der Waals surface area contributed by atoms with Crippen molar-refractivity contribution in [3.63, 3.8) is 0 Å². The fourth-order valence-electron chi connectivity index (χ4n) is 2.37. The summed E-state index contributed by atoms with van der Waals surface area (Å²) in [5.74, 6) is -0.374. The number of rotatable bonds is 6. The minimum atomic E-state index is -0.692. The van der Waals surface area contributed by atoms with Crippen molar-refractivity contribution in [2.45, 2.75) is 26.8 Å². The summed E-state index contributed by atoms with van der Waals surface area (Å²) in [4.78, 5) is 27.0. The zero-order chi connectivity index (χ0) is 16.8. The van der Waals surface area contributed by atoms with E-state index in [0.717, 1.165) is 5.56 Å². The van der Waals surface area contributed by atoms with E-state index in [1.54, 1.807) is 17.2 Å². The molecule has 1 N–H and O–H groups in total. The number of carbonyl (C=O) groups excluding carboxylic acids is 2. The van der Waals surface area contributed by atoms with Gasteiger partial charge in [0.15, 0.2) is 0 Å². The Morgan fingerprint density at radius 1 is 1.22 bits per heavy atom. The molecule has 0 unspecified atom stereocenters. The first kappa shape index (κ1) is 17.1. The SMILES string of the molecule is CCN(CC)C(=O)[C@H](NC(=O)c1csnc1C)c1ccccc1. The number of aromatic nitrogens is 1. The van der Waals surface area contributed by atoms with Gasteiger partial charge in [-0.25, -0.2) is 0 Å². The standard InChI is InChI=1S/C17H21N3O2S/c1-4-20(5-2)17(22)15(13-9-7-6-8-10-13)18-16(21)14-11-23-19-12(14)3/h6-11,15H,4-5H2,1-3H3,(H,18,21)/t15-/m1/s1. The molecular formula is C17H21N3O2S. The number of hydrogen-bond acceptors (Lipinski definition) is 4. The van der Waals surface area contributed by atoms with Crippen LogP contribution in [0.15, 0.2) is 35.7 Å². The molecule has 0 saturated carbocycles. The molecule has 2 aromatic rings. The lowest BCUT2D eigenvalue weighted by atomic mass is 10.0. The third-order valence-electron chi connectivity index (χ3n) is 3.73. The molecule has 1 atom stereocenters. The zero-order valence-electron chi connectivity index (χ0n) is 13.6. The fourth-order valence-corrected chi connectivity index (χ4v) is 3.06. The molecule has 0 aliphatic heterocycles. The van der Waals surface area contributed by atoms with Crippen LogP contribution in [0.1, 0.15) is 41.5 Å². The molecule has 0 aliphatic carbocycles. The minimum Gasteiger partial charge on any atom is -0.341 e. The van der Waals surface area contributed by atoms with Crippen LogP contribution in [0.5, 0.6) is 0 Å². The molecule has 6 heteroatoms. The number of likely N-dealkylation sites (N-methyl/N-ethyl adjacent to an activating group) is 1. The summed E-state index contributed by atoms with van der Waals surface area (Å²) in [5.41, 5.74) is 1.97. The van der Waals surface area contributed by atoms with Gasteiger partial charge in [0, 0.05) is 18.5 Å². The predicted molar refractivity (Wildman–Crippen MR) is 91.4 cm³/mol. The number of aryl methyl sites for hydroxylation is 1. The third kappa shape index (κ3) is 3.96. The van der Waals surface area contributed by atoms with Crippen molar-refractivity contribution in [1.29, 1.82) is 0 Å². The molecular weight excluding hydrogens is 310 g/mol. The largest absolute Gasteiger partial charge is 0.341 e. The quantitative estimate of drug-likeness (QED) is 0.885. The summed E-state index contributed by atoms with van der Waals surface area (Å²) in [6.45, 7) is 6.85. The average Bonchev–Trinajstić information content (AvgIpc) is 3.00. The van der Waals surface area contributed by atoms with Crippen LogP contribution >= 0.6 is 11.5 Å². The highest BCUT2D eigenvalue weighted by Gasteiger charge is 2.27. The number of carbonyl (C=O) groups is 2. The Morgan fingerprint density at radius 2 is 1.87 bits per heavy atom. The maximum absolute atomic E-state index is 12.8. The number of hydrogen-bond donors (Lipinski definition) is 1. The van der Waals surface area contributed by atoms with Gasteiger partial charge in [-0.3, -0.25) is 9.59 Å².